The van der Waals surface area contributed by atoms with Crippen molar-refractivity contribution in [2.45, 2.75) is 10.3 Å². The summed E-state index contributed by atoms with van der Waals surface area (Å²) in [6.07, 6.45) is 4.91. The third-order valence-electron chi connectivity index (χ3n) is 3.07. The van der Waals surface area contributed by atoms with E-state index in [1.165, 1.54) is 0 Å². The van der Waals surface area contributed by atoms with Crippen molar-refractivity contribution >= 4 is 21.8 Å². The number of H-pyrrole nitrogens is 1. The van der Waals surface area contributed by atoms with Gasteiger partial charge in [-0.25, -0.2) is 9.97 Å². The van der Waals surface area contributed by atoms with Gasteiger partial charge in [-0.3, -0.25) is 4.21 Å². The standard InChI is InChI=1S/C15H13N3OS/c1-2-13(11-6-4-3-5-7-11)20(19)15-14-12(8-9-16-15)17-10-18-14/h2-10,13H,1H2,(H,17,18). The summed E-state index contributed by atoms with van der Waals surface area (Å²) in [6, 6.07) is 11.5. The Hall–Kier alpha value is -2.27. The average Bonchev–Trinajstić information content (AvgIpc) is 2.97. The molecule has 0 amide bonds. The summed E-state index contributed by atoms with van der Waals surface area (Å²) in [5.74, 6) is 0. The van der Waals surface area contributed by atoms with Crippen LogP contribution < -0.4 is 0 Å². The highest BCUT2D eigenvalue weighted by Crippen LogP contribution is 2.27. The van der Waals surface area contributed by atoms with Gasteiger partial charge < -0.3 is 4.98 Å². The minimum Gasteiger partial charge on any atom is -0.344 e. The number of hydrogen-bond acceptors (Lipinski definition) is 3. The summed E-state index contributed by atoms with van der Waals surface area (Å²) in [5, 5.41) is 0.184. The van der Waals surface area contributed by atoms with Crippen LogP contribution in [0.4, 0.5) is 0 Å². The van der Waals surface area contributed by atoms with Crippen LogP contribution in [0, 0.1) is 0 Å². The second-order valence-corrected chi connectivity index (χ2v) is 5.77. The number of aromatic nitrogens is 3. The second-order valence-electron chi connectivity index (χ2n) is 4.28. The molecule has 2 unspecified atom stereocenters. The van der Waals surface area contributed by atoms with Crippen molar-refractivity contribution in [2.24, 2.45) is 0 Å². The maximum absolute atomic E-state index is 12.8. The van der Waals surface area contributed by atoms with Crippen LogP contribution in [-0.4, -0.2) is 19.2 Å². The molecular formula is C15H13N3OS. The Kier molecular flexibility index (Phi) is 3.43. The van der Waals surface area contributed by atoms with Gasteiger partial charge >= 0.3 is 0 Å². The molecule has 3 aromatic rings. The Balaban J connectivity index is 2.07. The molecule has 2 heterocycles. The SMILES string of the molecule is C=CC(c1ccccc1)S(=O)c1nccc2[nH]cnc12. The minimum absolute atomic E-state index is 0.300. The monoisotopic (exact) mass is 283 g/mol. The van der Waals surface area contributed by atoms with E-state index in [4.69, 9.17) is 0 Å². The molecule has 2 atom stereocenters. The summed E-state index contributed by atoms with van der Waals surface area (Å²) >= 11 is 0. The number of rotatable bonds is 4. The number of hydrogen-bond donors (Lipinski definition) is 1. The number of nitrogens with one attached hydrogen (secondary N) is 1. The van der Waals surface area contributed by atoms with E-state index in [2.05, 4.69) is 21.5 Å². The van der Waals surface area contributed by atoms with Crippen molar-refractivity contribution in [1.29, 1.82) is 0 Å². The van der Waals surface area contributed by atoms with Crippen LogP contribution in [0.3, 0.4) is 0 Å². The maximum Gasteiger partial charge on any atom is 0.155 e. The summed E-state index contributed by atoms with van der Waals surface area (Å²) < 4.78 is 12.8. The van der Waals surface area contributed by atoms with Crippen molar-refractivity contribution in [1.82, 2.24) is 15.0 Å². The molecule has 2 aromatic heterocycles. The third-order valence-corrected chi connectivity index (χ3v) is 4.67. The predicted octanol–water partition coefficient (Wildman–Crippen LogP) is 2.99. The first-order chi connectivity index (χ1) is 9.81. The van der Waals surface area contributed by atoms with E-state index in [0.29, 0.717) is 10.5 Å². The van der Waals surface area contributed by atoms with E-state index in [9.17, 15) is 4.21 Å². The van der Waals surface area contributed by atoms with Crippen LogP contribution in [0.5, 0.6) is 0 Å². The first-order valence-corrected chi connectivity index (χ1v) is 7.38. The fourth-order valence-corrected chi connectivity index (χ4v) is 3.44. The van der Waals surface area contributed by atoms with E-state index in [-0.39, 0.29) is 5.25 Å². The van der Waals surface area contributed by atoms with Crippen molar-refractivity contribution in [3.8, 4) is 0 Å². The number of imidazole rings is 1. The topological polar surface area (TPSA) is 58.6 Å². The molecule has 0 saturated heterocycles. The molecule has 0 aliphatic carbocycles. The molecule has 20 heavy (non-hydrogen) atoms. The summed E-state index contributed by atoms with van der Waals surface area (Å²) in [4.78, 5) is 11.4. The molecule has 0 aliphatic heterocycles. The molecule has 0 bridgehead atoms. The zero-order valence-electron chi connectivity index (χ0n) is 10.7. The van der Waals surface area contributed by atoms with E-state index in [1.807, 2.05) is 36.4 Å². The van der Waals surface area contributed by atoms with Gasteiger partial charge in [0.2, 0.25) is 0 Å². The Labute approximate surface area is 119 Å². The Morgan fingerprint density at radius 3 is 2.75 bits per heavy atom. The highest BCUT2D eigenvalue weighted by atomic mass is 32.2. The van der Waals surface area contributed by atoms with Crippen LogP contribution >= 0.6 is 0 Å². The average molecular weight is 283 g/mol. The molecular weight excluding hydrogens is 270 g/mol. The van der Waals surface area contributed by atoms with Crippen LogP contribution in [0.2, 0.25) is 0 Å². The van der Waals surface area contributed by atoms with Crippen LogP contribution in [0.15, 0.2) is 66.6 Å². The van der Waals surface area contributed by atoms with Gasteiger partial charge in [0.05, 0.1) is 27.9 Å². The lowest BCUT2D eigenvalue weighted by Gasteiger charge is -2.12. The lowest BCUT2D eigenvalue weighted by molar-refractivity contribution is 0.677. The highest BCUT2D eigenvalue weighted by molar-refractivity contribution is 7.85. The zero-order valence-corrected chi connectivity index (χ0v) is 11.5. The number of aromatic amines is 1. The summed E-state index contributed by atoms with van der Waals surface area (Å²) in [7, 11) is -1.34. The quantitative estimate of drug-likeness (QED) is 0.749. The van der Waals surface area contributed by atoms with Gasteiger partial charge in [-0.05, 0) is 11.6 Å². The molecule has 3 rings (SSSR count). The number of nitrogens with zero attached hydrogens (tertiary/aromatic N) is 2. The Bertz CT molecular complexity index is 767. The summed E-state index contributed by atoms with van der Waals surface area (Å²) in [6.45, 7) is 3.80. The lowest BCUT2D eigenvalue weighted by atomic mass is 10.1. The molecule has 100 valence electrons. The van der Waals surface area contributed by atoms with E-state index >= 15 is 0 Å². The highest BCUT2D eigenvalue weighted by Gasteiger charge is 2.21. The van der Waals surface area contributed by atoms with Crippen molar-refractivity contribution in [2.75, 3.05) is 0 Å². The minimum atomic E-state index is -1.34. The molecule has 1 aromatic carbocycles. The largest absolute Gasteiger partial charge is 0.344 e. The molecule has 0 aliphatic rings. The van der Waals surface area contributed by atoms with Crippen molar-refractivity contribution in [3.05, 3.63) is 67.1 Å². The zero-order chi connectivity index (χ0) is 13.9. The third kappa shape index (κ3) is 2.16. The van der Waals surface area contributed by atoms with Gasteiger partial charge in [0.1, 0.15) is 5.52 Å². The fourth-order valence-electron chi connectivity index (χ4n) is 2.10. The maximum atomic E-state index is 12.8. The second kappa shape index (κ2) is 5.38. The fraction of sp³-hybridized carbons (Fsp3) is 0.0667. The molecule has 0 spiro atoms. The van der Waals surface area contributed by atoms with Gasteiger partial charge in [0, 0.05) is 6.20 Å². The van der Waals surface area contributed by atoms with Gasteiger partial charge in [0.25, 0.3) is 0 Å². The van der Waals surface area contributed by atoms with Crippen LogP contribution in [-0.2, 0) is 10.8 Å². The molecule has 0 radical (unpaired) electrons. The number of benzene rings is 1. The lowest BCUT2D eigenvalue weighted by Crippen LogP contribution is -2.06. The van der Waals surface area contributed by atoms with Crippen LogP contribution in [0.1, 0.15) is 10.8 Å². The van der Waals surface area contributed by atoms with Crippen LogP contribution in [0.25, 0.3) is 11.0 Å². The predicted molar refractivity (Wildman–Crippen MR) is 79.7 cm³/mol. The molecule has 1 N–H and O–H groups in total. The van der Waals surface area contributed by atoms with Gasteiger partial charge in [-0.2, -0.15) is 0 Å². The Morgan fingerprint density at radius 2 is 2.00 bits per heavy atom. The van der Waals surface area contributed by atoms with E-state index in [0.717, 1.165) is 11.1 Å². The van der Waals surface area contributed by atoms with Gasteiger partial charge in [-0.1, -0.05) is 36.4 Å². The first-order valence-electron chi connectivity index (χ1n) is 6.17. The molecule has 4 nitrogen and oxygen atoms in total. The van der Waals surface area contributed by atoms with Gasteiger partial charge in [0.15, 0.2) is 5.03 Å². The number of pyridine rings is 1. The molecule has 0 saturated carbocycles. The molecule has 0 fully saturated rings. The van der Waals surface area contributed by atoms with Crippen molar-refractivity contribution < 1.29 is 4.21 Å². The molecule has 5 heteroatoms. The Morgan fingerprint density at radius 1 is 1.20 bits per heavy atom. The number of fused-ring (bicyclic) bond motifs is 1. The summed E-state index contributed by atoms with van der Waals surface area (Å²) in [5.41, 5.74) is 2.43. The van der Waals surface area contributed by atoms with Crippen molar-refractivity contribution in [3.63, 3.8) is 0 Å². The van der Waals surface area contributed by atoms with E-state index < -0.39 is 10.8 Å². The normalized spacial score (nSPS) is 14.0. The smallest absolute Gasteiger partial charge is 0.155 e. The van der Waals surface area contributed by atoms with Gasteiger partial charge in [-0.15, -0.1) is 6.58 Å². The van der Waals surface area contributed by atoms with E-state index in [1.54, 1.807) is 18.6 Å². The first kappa shape index (κ1) is 12.7.